The molecule has 1 amide bonds. The van der Waals surface area contributed by atoms with E-state index >= 15 is 0 Å². The molecule has 1 atom stereocenters. The maximum atomic E-state index is 14.0. The molecule has 1 unspecified atom stereocenters. The number of carbonyl (C=O) groups is 1. The third kappa shape index (κ3) is 3.44. The maximum absolute atomic E-state index is 14.0. The van der Waals surface area contributed by atoms with E-state index in [1.54, 1.807) is 0 Å². The van der Waals surface area contributed by atoms with E-state index in [0.29, 0.717) is 11.1 Å². The number of unbranched alkanes of at least 4 members (excludes halogenated alkanes) is 1. The number of hydroxylamine groups is 1. The zero-order valence-electron chi connectivity index (χ0n) is 17.2. The van der Waals surface area contributed by atoms with Gasteiger partial charge in [-0.25, -0.2) is 9.87 Å². The van der Waals surface area contributed by atoms with Gasteiger partial charge in [0.25, 0.3) is 5.91 Å². The van der Waals surface area contributed by atoms with Crippen LogP contribution >= 0.6 is 0 Å². The Morgan fingerprint density at radius 1 is 1.17 bits per heavy atom. The van der Waals surface area contributed by atoms with Crippen LogP contribution in [0.1, 0.15) is 67.9 Å². The quantitative estimate of drug-likeness (QED) is 0.538. The van der Waals surface area contributed by atoms with Crippen LogP contribution in [-0.2, 0) is 16.9 Å². The van der Waals surface area contributed by atoms with Crippen molar-refractivity contribution in [2.45, 2.75) is 58.5 Å². The molecule has 1 aromatic heterocycles. The summed E-state index contributed by atoms with van der Waals surface area (Å²) in [6.45, 7) is 7.02. The first-order valence-corrected chi connectivity index (χ1v) is 10.3. The highest BCUT2D eigenvalue weighted by Crippen LogP contribution is 2.37. The van der Waals surface area contributed by atoms with Gasteiger partial charge in [-0.15, -0.1) is 0 Å². The molecule has 5 heteroatoms. The molecule has 2 aromatic carbocycles. The van der Waals surface area contributed by atoms with Crippen LogP contribution < -0.4 is 5.48 Å². The van der Waals surface area contributed by atoms with Crippen LogP contribution in [0.4, 0.5) is 4.39 Å². The van der Waals surface area contributed by atoms with Crippen LogP contribution in [0.2, 0.25) is 0 Å². The number of aromatic nitrogens is 1. The summed E-state index contributed by atoms with van der Waals surface area (Å²) in [5.41, 5.74) is 7.51. The van der Waals surface area contributed by atoms with Gasteiger partial charge < -0.3 is 4.98 Å². The van der Waals surface area contributed by atoms with Crippen LogP contribution in [0.15, 0.2) is 36.4 Å². The van der Waals surface area contributed by atoms with Crippen LogP contribution in [0.25, 0.3) is 22.2 Å². The fraction of sp³-hybridized carbons (Fsp3) is 0.375. The lowest BCUT2D eigenvalue weighted by Crippen LogP contribution is -2.21. The summed E-state index contributed by atoms with van der Waals surface area (Å²) in [6, 6.07) is 11.3. The van der Waals surface area contributed by atoms with E-state index in [0.717, 1.165) is 28.6 Å². The standard InChI is InChI=1S/C24H27FN2O2/c1-4-6-11-24(3,5-2)16-9-7-15(8-10-16)22-19-14-29-27-23(28)18-12-17(25)13-20(26-22)21(18)19/h7-10,12-13,26H,4-6,11,14H2,1-3H3,(H,27,28). The highest BCUT2D eigenvalue weighted by atomic mass is 19.1. The highest BCUT2D eigenvalue weighted by Gasteiger charge is 2.26. The number of hydrogen-bond donors (Lipinski definition) is 2. The fourth-order valence-electron chi connectivity index (χ4n) is 4.30. The molecular formula is C24H27FN2O2. The van der Waals surface area contributed by atoms with Gasteiger partial charge in [0.05, 0.1) is 11.3 Å². The molecule has 0 saturated heterocycles. The van der Waals surface area contributed by atoms with Crippen molar-refractivity contribution in [1.82, 2.24) is 10.5 Å². The van der Waals surface area contributed by atoms with Crippen molar-refractivity contribution < 1.29 is 14.0 Å². The Hall–Kier alpha value is -2.66. The second-order valence-electron chi connectivity index (χ2n) is 8.17. The Kier molecular flexibility index (Phi) is 5.17. The van der Waals surface area contributed by atoms with Crippen LogP contribution in [0, 0.1) is 5.82 Å². The average molecular weight is 394 g/mol. The summed E-state index contributed by atoms with van der Waals surface area (Å²) in [4.78, 5) is 20.9. The molecule has 1 aliphatic rings. The third-order valence-corrected chi connectivity index (χ3v) is 6.33. The highest BCUT2D eigenvalue weighted by molar-refractivity contribution is 6.09. The van der Waals surface area contributed by atoms with E-state index in [9.17, 15) is 9.18 Å². The molecule has 152 valence electrons. The van der Waals surface area contributed by atoms with Gasteiger partial charge in [0, 0.05) is 16.5 Å². The van der Waals surface area contributed by atoms with Crippen molar-refractivity contribution in [3.8, 4) is 11.3 Å². The smallest absolute Gasteiger partial charge is 0.275 e. The first-order chi connectivity index (χ1) is 14.0. The lowest BCUT2D eigenvalue weighted by molar-refractivity contribution is 0.0255. The summed E-state index contributed by atoms with van der Waals surface area (Å²) >= 11 is 0. The maximum Gasteiger partial charge on any atom is 0.275 e. The number of halogens is 1. The minimum atomic E-state index is -0.450. The van der Waals surface area contributed by atoms with E-state index in [4.69, 9.17) is 4.84 Å². The van der Waals surface area contributed by atoms with E-state index in [1.165, 1.54) is 37.0 Å². The Labute approximate surface area is 170 Å². The van der Waals surface area contributed by atoms with Gasteiger partial charge in [-0.1, -0.05) is 57.9 Å². The number of aromatic amines is 1. The summed E-state index contributed by atoms with van der Waals surface area (Å²) in [7, 11) is 0. The number of rotatable bonds is 6. The van der Waals surface area contributed by atoms with Crippen molar-refractivity contribution in [3.63, 3.8) is 0 Å². The molecule has 2 heterocycles. The van der Waals surface area contributed by atoms with Crippen molar-refractivity contribution in [3.05, 3.63) is 58.9 Å². The summed E-state index contributed by atoms with van der Waals surface area (Å²) in [6.07, 6.45) is 4.66. The number of amides is 1. The number of benzene rings is 2. The second kappa shape index (κ2) is 7.64. The van der Waals surface area contributed by atoms with Crippen LogP contribution in [-0.4, -0.2) is 10.9 Å². The topological polar surface area (TPSA) is 54.1 Å². The first-order valence-electron chi connectivity index (χ1n) is 10.3. The zero-order valence-corrected chi connectivity index (χ0v) is 17.2. The van der Waals surface area contributed by atoms with E-state index in [2.05, 4.69) is 55.5 Å². The summed E-state index contributed by atoms with van der Waals surface area (Å²) in [5.74, 6) is -0.877. The number of H-pyrrole nitrogens is 1. The molecular weight excluding hydrogens is 367 g/mol. The molecule has 0 aliphatic carbocycles. The largest absolute Gasteiger partial charge is 0.354 e. The molecule has 4 nitrogen and oxygen atoms in total. The van der Waals surface area contributed by atoms with Crippen molar-refractivity contribution >= 4 is 16.8 Å². The molecule has 0 radical (unpaired) electrons. The SMILES string of the molecule is CCCCC(C)(CC)c1ccc(-c2[nH]c3cc(F)cc4c3c2CONC4=O)cc1. The second-order valence-corrected chi connectivity index (χ2v) is 8.17. The molecule has 29 heavy (non-hydrogen) atoms. The minimum absolute atomic E-state index is 0.163. The summed E-state index contributed by atoms with van der Waals surface area (Å²) < 4.78 is 14.0. The minimum Gasteiger partial charge on any atom is -0.354 e. The average Bonchev–Trinajstić information content (AvgIpc) is 3.00. The van der Waals surface area contributed by atoms with Crippen LogP contribution in [0.3, 0.4) is 0 Å². The van der Waals surface area contributed by atoms with Crippen molar-refractivity contribution in [1.29, 1.82) is 0 Å². The Balaban J connectivity index is 1.78. The van der Waals surface area contributed by atoms with Gasteiger partial charge in [-0.05, 0) is 41.5 Å². The molecule has 0 fully saturated rings. The summed E-state index contributed by atoms with van der Waals surface area (Å²) in [5, 5.41) is 0.724. The van der Waals surface area contributed by atoms with Crippen molar-refractivity contribution in [2.24, 2.45) is 0 Å². The lowest BCUT2D eigenvalue weighted by Gasteiger charge is -2.29. The molecule has 4 rings (SSSR count). The van der Waals surface area contributed by atoms with Gasteiger partial charge in [-0.2, -0.15) is 0 Å². The van der Waals surface area contributed by atoms with E-state index < -0.39 is 11.7 Å². The van der Waals surface area contributed by atoms with Gasteiger partial charge in [0.1, 0.15) is 12.4 Å². The van der Waals surface area contributed by atoms with Gasteiger partial charge in [0.15, 0.2) is 0 Å². The number of nitrogens with one attached hydrogen (secondary N) is 2. The fourth-order valence-corrected chi connectivity index (χ4v) is 4.30. The number of hydrogen-bond acceptors (Lipinski definition) is 2. The molecule has 0 bridgehead atoms. The van der Waals surface area contributed by atoms with Gasteiger partial charge in [-0.3, -0.25) is 9.63 Å². The Morgan fingerprint density at radius 2 is 1.93 bits per heavy atom. The predicted molar refractivity (Wildman–Crippen MR) is 113 cm³/mol. The zero-order chi connectivity index (χ0) is 20.6. The molecule has 1 aliphatic heterocycles. The molecule has 0 saturated carbocycles. The van der Waals surface area contributed by atoms with Gasteiger partial charge >= 0.3 is 0 Å². The normalized spacial score (nSPS) is 15.8. The Bertz CT molecular complexity index is 1050. The predicted octanol–water partition coefficient (Wildman–Crippen LogP) is 6.01. The molecule has 2 N–H and O–H groups in total. The van der Waals surface area contributed by atoms with E-state index in [1.807, 2.05) is 0 Å². The van der Waals surface area contributed by atoms with Crippen molar-refractivity contribution in [2.75, 3.05) is 0 Å². The first kappa shape index (κ1) is 19.6. The van der Waals surface area contributed by atoms with E-state index in [-0.39, 0.29) is 12.0 Å². The Morgan fingerprint density at radius 3 is 2.62 bits per heavy atom. The monoisotopic (exact) mass is 394 g/mol. The van der Waals surface area contributed by atoms with Crippen LogP contribution in [0.5, 0.6) is 0 Å². The van der Waals surface area contributed by atoms with Gasteiger partial charge in [0.2, 0.25) is 0 Å². The number of carbonyl (C=O) groups excluding carboxylic acids is 1. The lowest BCUT2D eigenvalue weighted by atomic mass is 9.76. The third-order valence-electron chi connectivity index (χ3n) is 6.33. The molecule has 0 spiro atoms. The molecule has 3 aromatic rings.